The van der Waals surface area contributed by atoms with Crippen LogP contribution in [0.2, 0.25) is 4.34 Å². The van der Waals surface area contributed by atoms with E-state index in [2.05, 4.69) is 5.32 Å². The van der Waals surface area contributed by atoms with Crippen molar-refractivity contribution in [2.24, 2.45) is 0 Å². The smallest absolute Gasteiger partial charge is 0.253 e. The van der Waals surface area contributed by atoms with Gasteiger partial charge in [-0.3, -0.25) is 4.79 Å². The molecule has 0 radical (unpaired) electrons. The summed E-state index contributed by atoms with van der Waals surface area (Å²) < 4.78 is 0.522. The van der Waals surface area contributed by atoms with Gasteiger partial charge in [0, 0.05) is 6.04 Å². The van der Waals surface area contributed by atoms with Crippen LogP contribution in [0.25, 0.3) is 0 Å². The monoisotopic (exact) mass is 335 g/mol. The van der Waals surface area contributed by atoms with Crippen molar-refractivity contribution < 1.29 is 9.90 Å². The highest BCUT2D eigenvalue weighted by Gasteiger charge is 2.35. The zero-order valence-electron chi connectivity index (χ0n) is 12.1. The Bertz CT molecular complexity index is 648. The minimum Gasteiger partial charge on any atom is -0.385 e. The molecule has 0 unspecified atom stereocenters. The first-order chi connectivity index (χ1) is 10.6. The Kier molecular flexibility index (Phi) is 4.52. The predicted molar refractivity (Wildman–Crippen MR) is 89.4 cm³/mol. The van der Waals surface area contributed by atoms with Crippen molar-refractivity contribution in [3.05, 3.63) is 57.2 Å². The van der Waals surface area contributed by atoms with Crippen molar-refractivity contribution in [1.29, 1.82) is 0 Å². The van der Waals surface area contributed by atoms with Gasteiger partial charge in [-0.05, 0) is 42.7 Å². The lowest BCUT2D eigenvalue weighted by Crippen LogP contribution is -2.42. The van der Waals surface area contributed by atoms with E-state index < -0.39 is 5.60 Å². The molecular formula is C17H18ClNO2S. The van der Waals surface area contributed by atoms with Gasteiger partial charge < -0.3 is 10.4 Å². The summed E-state index contributed by atoms with van der Waals surface area (Å²) in [7, 11) is 0. The van der Waals surface area contributed by atoms with Gasteiger partial charge in [0.1, 0.15) is 4.34 Å². The van der Waals surface area contributed by atoms with Gasteiger partial charge >= 0.3 is 0 Å². The molecule has 0 atom stereocenters. The third-order valence-electron chi connectivity index (χ3n) is 4.32. The number of thiophene rings is 1. The molecule has 0 spiro atoms. The summed E-state index contributed by atoms with van der Waals surface area (Å²) in [6, 6.07) is 11.6. The fraction of sp³-hybridized carbons (Fsp3) is 0.353. The average molecular weight is 336 g/mol. The molecule has 3 nitrogen and oxygen atoms in total. The lowest BCUT2D eigenvalue weighted by Gasteiger charge is -2.36. The molecule has 1 heterocycles. The molecule has 22 heavy (non-hydrogen) atoms. The van der Waals surface area contributed by atoms with Gasteiger partial charge in [-0.15, -0.1) is 11.3 Å². The summed E-state index contributed by atoms with van der Waals surface area (Å²) in [6.45, 7) is 0. The Morgan fingerprint density at radius 3 is 2.50 bits per heavy atom. The molecule has 1 aromatic carbocycles. The molecule has 5 heteroatoms. The van der Waals surface area contributed by atoms with Crippen LogP contribution in [0.4, 0.5) is 0 Å². The Morgan fingerprint density at radius 2 is 1.91 bits per heavy atom. The Hall–Kier alpha value is -1.36. The predicted octanol–water partition coefficient (Wildman–Crippen LogP) is 3.96. The molecule has 1 saturated carbocycles. The van der Waals surface area contributed by atoms with Crippen molar-refractivity contribution in [3.8, 4) is 0 Å². The highest BCUT2D eigenvalue weighted by Crippen LogP contribution is 2.37. The van der Waals surface area contributed by atoms with Crippen LogP contribution in [-0.2, 0) is 5.60 Å². The Morgan fingerprint density at radius 1 is 1.23 bits per heavy atom. The fourth-order valence-electron chi connectivity index (χ4n) is 3.00. The zero-order chi connectivity index (χ0) is 15.6. The number of hydrogen-bond acceptors (Lipinski definition) is 3. The van der Waals surface area contributed by atoms with Gasteiger partial charge in [-0.1, -0.05) is 41.9 Å². The summed E-state index contributed by atoms with van der Waals surface area (Å²) in [5.41, 5.74) is 0.721. The van der Waals surface area contributed by atoms with Gasteiger partial charge in [0.05, 0.1) is 11.2 Å². The van der Waals surface area contributed by atoms with E-state index in [1.807, 2.05) is 35.7 Å². The first-order valence-electron chi connectivity index (χ1n) is 7.40. The number of nitrogens with one attached hydrogen (secondary N) is 1. The number of benzene rings is 1. The molecule has 3 rings (SSSR count). The molecule has 1 fully saturated rings. The first-order valence-corrected chi connectivity index (χ1v) is 8.66. The molecule has 116 valence electrons. The van der Waals surface area contributed by atoms with Crippen LogP contribution in [0.5, 0.6) is 0 Å². The molecule has 0 saturated heterocycles. The second-order valence-corrected chi connectivity index (χ2v) is 7.27. The molecular weight excluding hydrogens is 318 g/mol. The minimum absolute atomic E-state index is 0.0902. The summed E-state index contributed by atoms with van der Waals surface area (Å²) in [4.78, 5) is 12.2. The number of carbonyl (C=O) groups excluding carboxylic acids is 1. The standard InChI is InChI=1S/C17H18ClNO2S/c18-15-14(8-11-22-15)16(20)19-13-6-9-17(21,10-7-13)12-4-2-1-3-5-12/h1-5,8,11,13,21H,6-7,9-10H2,(H,19,20). The largest absolute Gasteiger partial charge is 0.385 e. The molecule has 2 aromatic rings. The highest BCUT2D eigenvalue weighted by atomic mass is 35.5. The molecule has 2 N–H and O–H groups in total. The first kappa shape index (κ1) is 15.5. The summed E-state index contributed by atoms with van der Waals surface area (Å²) in [5.74, 6) is -0.124. The van der Waals surface area contributed by atoms with Gasteiger partial charge in [0.25, 0.3) is 5.91 Å². The number of carbonyl (C=O) groups is 1. The summed E-state index contributed by atoms with van der Waals surface area (Å²) in [6.07, 6.45) is 2.83. The van der Waals surface area contributed by atoms with Crippen LogP contribution in [0.1, 0.15) is 41.6 Å². The number of amides is 1. The Labute approximate surface area is 138 Å². The van der Waals surface area contributed by atoms with Crippen LogP contribution in [0.15, 0.2) is 41.8 Å². The van der Waals surface area contributed by atoms with Crippen molar-refractivity contribution in [2.75, 3.05) is 0 Å². The lowest BCUT2D eigenvalue weighted by atomic mass is 9.78. The SMILES string of the molecule is O=C(NC1CCC(O)(c2ccccc2)CC1)c1ccsc1Cl. The average Bonchev–Trinajstić information content (AvgIpc) is 2.97. The van der Waals surface area contributed by atoms with E-state index in [0.717, 1.165) is 18.4 Å². The maximum absolute atomic E-state index is 12.2. The third kappa shape index (κ3) is 3.19. The summed E-state index contributed by atoms with van der Waals surface area (Å²) >= 11 is 7.35. The number of halogens is 1. The van der Waals surface area contributed by atoms with Crippen molar-refractivity contribution in [2.45, 2.75) is 37.3 Å². The lowest BCUT2D eigenvalue weighted by molar-refractivity contribution is -0.00803. The van der Waals surface area contributed by atoms with Crippen molar-refractivity contribution in [1.82, 2.24) is 5.32 Å². The van der Waals surface area contributed by atoms with Crippen LogP contribution in [0, 0.1) is 0 Å². The van der Waals surface area contributed by atoms with E-state index in [9.17, 15) is 9.90 Å². The van der Waals surface area contributed by atoms with Crippen LogP contribution in [0.3, 0.4) is 0 Å². The quantitative estimate of drug-likeness (QED) is 0.892. The van der Waals surface area contributed by atoms with E-state index in [0.29, 0.717) is 22.7 Å². The van der Waals surface area contributed by atoms with Gasteiger partial charge in [0.2, 0.25) is 0 Å². The molecule has 1 aliphatic carbocycles. The second-order valence-electron chi connectivity index (χ2n) is 5.75. The van der Waals surface area contributed by atoms with Crippen LogP contribution in [-0.4, -0.2) is 17.1 Å². The number of aliphatic hydroxyl groups is 1. The van der Waals surface area contributed by atoms with Crippen molar-refractivity contribution >= 4 is 28.8 Å². The van der Waals surface area contributed by atoms with E-state index in [1.54, 1.807) is 6.07 Å². The van der Waals surface area contributed by atoms with Crippen LogP contribution < -0.4 is 5.32 Å². The topological polar surface area (TPSA) is 49.3 Å². The van der Waals surface area contributed by atoms with Gasteiger partial charge in [-0.25, -0.2) is 0 Å². The molecule has 1 aliphatic rings. The normalized spacial score (nSPS) is 24.9. The fourth-order valence-corrected chi connectivity index (χ4v) is 3.91. The summed E-state index contributed by atoms with van der Waals surface area (Å²) in [5, 5.41) is 15.6. The third-order valence-corrected chi connectivity index (χ3v) is 5.49. The van der Waals surface area contributed by atoms with Crippen LogP contribution >= 0.6 is 22.9 Å². The van der Waals surface area contributed by atoms with E-state index in [4.69, 9.17) is 11.6 Å². The Balaban J connectivity index is 1.60. The molecule has 0 aliphatic heterocycles. The minimum atomic E-state index is -0.775. The molecule has 0 bridgehead atoms. The van der Waals surface area contributed by atoms with E-state index in [-0.39, 0.29) is 11.9 Å². The van der Waals surface area contributed by atoms with E-state index in [1.165, 1.54) is 11.3 Å². The van der Waals surface area contributed by atoms with Gasteiger partial charge in [-0.2, -0.15) is 0 Å². The van der Waals surface area contributed by atoms with Gasteiger partial charge in [0.15, 0.2) is 0 Å². The second kappa shape index (κ2) is 6.41. The van der Waals surface area contributed by atoms with Crippen molar-refractivity contribution in [3.63, 3.8) is 0 Å². The highest BCUT2D eigenvalue weighted by molar-refractivity contribution is 7.14. The van der Waals surface area contributed by atoms with E-state index >= 15 is 0 Å². The maximum Gasteiger partial charge on any atom is 0.253 e. The molecule has 1 amide bonds. The number of rotatable bonds is 3. The maximum atomic E-state index is 12.2. The molecule has 1 aromatic heterocycles. The zero-order valence-corrected chi connectivity index (χ0v) is 13.7. The number of hydrogen-bond donors (Lipinski definition) is 2.